The molecule has 9 heavy (non-hydrogen) atoms. The quantitative estimate of drug-likeness (QED) is 0.533. The van der Waals surface area contributed by atoms with Crippen molar-refractivity contribution in [1.29, 1.82) is 5.26 Å². The molecule has 0 aliphatic rings. The average molecular weight is 134 g/mol. The summed E-state index contributed by atoms with van der Waals surface area (Å²) in [6.07, 6.45) is 0. The molecule has 0 saturated carbocycles. The Morgan fingerprint density at radius 2 is 2.00 bits per heavy atom. The van der Waals surface area contributed by atoms with Crippen LogP contribution in [0.3, 0.4) is 0 Å². The zero-order valence-corrected chi connectivity index (χ0v) is 5.48. The summed E-state index contributed by atoms with van der Waals surface area (Å²) in [5.74, 6) is 0. The van der Waals surface area contributed by atoms with Gasteiger partial charge in [0, 0.05) is 0 Å². The molecule has 0 saturated heterocycles. The lowest BCUT2D eigenvalue weighted by atomic mass is 10.2. The van der Waals surface area contributed by atoms with Crippen molar-refractivity contribution in [2.24, 2.45) is 0 Å². The highest BCUT2D eigenvalue weighted by Crippen LogP contribution is 2.10. The molecule has 0 spiro atoms. The minimum atomic E-state index is 0.576. The molecule has 0 aromatic heterocycles. The Morgan fingerprint density at radius 1 is 1.33 bits per heavy atom. The topological polar surface area (TPSA) is 23.8 Å². The third-order valence-corrected chi connectivity index (χ3v) is 1.36. The van der Waals surface area contributed by atoms with E-state index in [0.717, 1.165) is 0 Å². The number of nitrogens with zero attached hydrogens (tertiary/aromatic N) is 1. The third kappa shape index (κ3) is 1.18. The Morgan fingerprint density at radius 3 is 2.44 bits per heavy atom. The Balaban J connectivity index is 3.20. The molecule has 0 unspecified atom stereocenters. The van der Waals surface area contributed by atoms with Crippen molar-refractivity contribution in [2.75, 3.05) is 0 Å². The van der Waals surface area contributed by atoms with Crippen LogP contribution in [0.15, 0.2) is 29.2 Å². The number of hydrogen-bond donors (Lipinski definition) is 0. The molecule has 0 N–H and O–H groups in total. The molecule has 0 aliphatic carbocycles. The Kier molecular flexibility index (Phi) is 1.66. The van der Waals surface area contributed by atoms with Gasteiger partial charge in [0.05, 0.1) is 10.5 Å². The number of benzene rings is 1. The molecule has 0 aliphatic heterocycles. The minimum absolute atomic E-state index is 0.576. The lowest BCUT2D eigenvalue weighted by Gasteiger charge is -1.88. The van der Waals surface area contributed by atoms with E-state index in [4.69, 9.17) is 17.9 Å². The zero-order chi connectivity index (χ0) is 6.69. The predicted molar refractivity (Wildman–Crippen MR) is 37.0 cm³/mol. The maximum absolute atomic E-state index is 8.40. The molecular formula is C7H4NS. The van der Waals surface area contributed by atoms with E-state index >= 15 is 0 Å². The van der Waals surface area contributed by atoms with Gasteiger partial charge < -0.3 is 0 Å². The van der Waals surface area contributed by atoms with Crippen molar-refractivity contribution in [2.45, 2.75) is 4.90 Å². The van der Waals surface area contributed by atoms with Crippen LogP contribution in [0.25, 0.3) is 0 Å². The van der Waals surface area contributed by atoms with Gasteiger partial charge in [-0.1, -0.05) is 24.8 Å². The molecule has 0 atom stereocenters. The van der Waals surface area contributed by atoms with Crippen LogP contribution in [-0.4, -0.2) is 0 Å². The van der Waals surface area contributed by atoms with E-state index in [-0.39, 0.29) is 0 Å². The molecule has 1 rings (SSSR count). The lowest BCUT2D eigenvalue weighted by Crippen LogP contribution is -1.73. The van der Waals surface area contributed by atoms with Crippen molar-refractivity contribution in [3.05, 3.63) is 29.8 Å². The van der Waals surface area contributed by atoms with Crippen molar-refractivity contribution in [1.82, 2.24) is 0 Å². The maximum Gasteiger partial charge on any atom is 0.101 e. The molecule has 1 radical (unpaired) electrons. The molecule has 2 heteroatoms. The molecule has 0 heterocycles. The van der Waals surface area contributed by atoms with Gasteiger partial charge >= 0.3 is 0 Å². The summed E-state index contributed by atoms with van der Waals surface area (Å²) in [5.41, 5.74) is 0.576. The van der Waals surface area contributed by atoms with Crippen LogP contribution in [0.4, 0.5) is 0 Å². The summed E-state index contributed by atoms with van der Waals surface area (Å²) in [4.78, 5) is 0.625. The summed E-state index contributed by atoms with van der Waals surface area (Å²) in [5, 5.41) is 8.40. The lowest BCUT2D eigenvalue weighted by molar-refractivity contribution is 1.38. The largest absolute Gasteiger partial charge is 0.192 e. The first-order chi connectivity index (χ1) is 4.34. The molecule has 1 nitrogen and oxygen atoms in total. The first-order valence-corrected chi connectivity index (χ1v) is 2.91. The SMILES string of the molecule is N#Cc1ccccc1[S]. The molecule has 0 bridgehead atoms. The highest BCUT2D eigenvalue weighted by Gasteiger charge is 1.92. The van der Waals surface area contributed by atoms with Crippen LogP contribution in [-0.2, 0) is 0 Å². The van der Waals surface area contributed by atoms with Gasteiger partial charge in [0.25, 0.3) is 0 Å². The van der Waals surface area contributed by atoms with Crippen molar-refractivity contribution in [3.8, 4) is 6.07 Å². The minimum Gasteiger partial charge on any atom is -0.192 e. The second kappa shape index (κ2) is 2.47. The second-order valence-electron chi connectivity index (χ2n) is 1.61. The van der Waals surface area contributed by atoms with Gasteiger partial charge in [0.15, 0.2) is 0 Å². The maximum atomic E-state index is 8.40. The van der Waals surface area contributed by atoms with E-state index in [1.165, 1.54) is 0 Å². The van der Waals surface area contributed by atoms with Crippen molar-refractivity contribution >= 4 is 12.6 Å². The van der Waals surface area contributed by atoms with E-state index in [2.05, 4.69) is 0 Å². The van der Waals surface area contributed by atoms with E-state index < -0.39 is 0 Å². The Bertz CT molecular complexity index is 249. The smallest absolute Gasteiger partial charge is 0.101 e. The fourth-order valence-electron chi connectivity index (χ4n) is 0.559. The fraction of sp³-hybridized carbons (Fsp3) is 0. The van der Waals surface area contributed by atoms with E-state index in [9.17, 15) is 0 Å². The zero-order valence-electron chi connectivity index (χ0n) is 4.66. The summed E-state index contributed by atoms with van der Waals surface area (Å²) in [7, 11) is 0. The van der Waals surface area contributed by atoms with Crippen LogP contribution in [0, 0.1) is 11.3 Å². The van der Waals surface area contributed by atoms with E-state index in [1.54, 1.807) is 18.2 Å². The van der Waals surface area contributed by atoms with Crippen molar-refractivity contribution < 1.29 is 0 Å². The van der Waals surface area contributed by atoms with Gasteiger partial charge in [-0.05, 0) is 12.1 Å². The molecule has 0 fully saturated rings. The number of rotatable bonds is 0. The van der Waals surface area contributed by atoms with E-state index in [1.807, 2.05) is 12.1 Å². The fourth-order valence-corrected chi connectivity index (χ4v) is 0.751. The molecule has 1 aromatic carbocycles. The van der Waals surface area contributed by atoms with Gasteiger partial charge in [-0.25, -0.2) is 0 Å². The highest BCUT2D eigenvalue weighted by atomic mass is 32.1. The van der Waals surface area contributed by atoms with Gasteiger partial charge in [0.1, 0.15) is 6.07 Å². The van der Waals surface area contributed by atoms with E-state index in [0.29, 0.717) is 10.5 Å². The van der Waals surface area contributed by atoms with Crippen LogP contribution in [0.2, 0.25) is 0 Å². The predicted octanol–water partition coefficient (Wildman–Crippen LogP) is 2.11. The number of nitriles is 1. The molecule has 1 aromatic rings. The van der Waals surface area contributed by atoms with Gasteiger partial charge in [-0.15, -0.1) is 0 Å². The summed E-state index contributed by atoms with van der Waals surface area (Å²) in [6.45, 7) is 0. The summed E-state index contributed by atoms with van der Waals surface area (Å²) in [6, 6.07) is 9.07. The van der Waals surface area contributed by atoms with Gasteiger partial charge in [0.2, 0.25) is 0 Å². The molecular weight excluding hydrogens is 130 g/mol. The second-order valence-corrected chi connectivity index (χ2v) is 2.05. The Hall–Kier alpha value is -1.07. The normalized spacial score (nSPS) is 8.33. The first kappa shape index (κ1) is 6.06. The monoisotopic (exact) mass is 134 g/mol. The van der Waals surface area contributed by atoms with Crippen molar-refractivity contribution in [3.63, 3.8) is 0 Å². The summed E-state index contributed by atoms with van der Waals surface area (Å²) >= 11 is 4.83. The van der Waals surface area contributed by atoms with Crippen LogP contribution in [0.5, 0.6) is 0 Å². The third-order valence-electron chi connectivity index (χ3n) is 1.01. The molecule has 43 valence electrons. The van der Waals surface area contributed by atoms with Crippen LogP contribution < -0.4 is 0 Å². The highest BCUT2D eigenvalue weighted by molar-refractivity contribution is 7.80. The van der Waals surface area contributed by atoms with Gasteiger partial charge in [-0.3, -0.25) is 0 Å². The average Bonchev–Trinajstić information content (AvgIpc) is 1.89. The standard InChI is InChI=1S/C7H4NS/c8-5-6-3-1-2-4-7(6)9/h1-4H. The van der Waals surface area contributed by atoms with Crippen LogP contribution >= 0.6 is 12.6 Å². The Labute approximate surface area is 59.3 Å². The summed E-state index contributed by atoms with van der Waals surface area (Å²) < 4.78 is 0. The number of hydrogen-bond acceptors (Lipinski definition) is 1. The van der Waals surface area contributed by atoms with Crippen LogP contribution in [0.1, 0.15) is 5.56 Å². The molecule has 0 amide bonds. The first-order valence-electron chi connectivity index (χ1n) is 2.51. The van der Waals surface area contributed by atoms with Gasteiger partial charge in [-0.2, -0.15) is 5.26 Å².